The van der Waals surface area contributed by atoms with E-state index in [2.05, 4.69) is 0 Å². The van der Waals surface area contributed by atoms with Gasteiger partial charge in [0, 0.05) is 42.0 Å². The van der Waals surface area contributed by atoms with Crippen molar-refractivity contribution in [3.05, 3.63) is 36.0 Å². The predicted octanol–water partition coefficient (Wildman–Crippen LogP) is 2.99. The molecule has 0 N–H and O–H groups in total. The van der Waals surface area contributed by atoms with Gasteiger partial charge < -0.3 is 4.57 Å². The summed E-state index contributed by atoms with van der Waals surface area (Å²) in [5.41, 5.74) is 1.85. The fraction of sp³-hybridized carbons (Fsp3) is 0.250. The Balaban J connectivity index is 2.57. The van der Waals surface area contributed by atoms with E-state index < -0.39 is 0 Å². The number of hydrogen-bond donors (Lipinski definition) is 0. The summed E-state index contributed by atoms with van der Waals surface area (Å²) >= 11 is 5.58. The van der Waals surface area contributed by atoms with Crippen LogP contribution in [0.1, 0.15) is 16.8 Å². The topological polar surface area (TPSA) is 22.0 Å². The summed E-state index contributed by atoms with van der Waals surface area (Å²) in [6.07, 6.45) is 2.27. The molecule has 1 heterocycles. The van der Waals surface area contributed by atoms with Crippen LogP contribution in [0.4, 0.5) is 0 Å². The number of para-hydroxylation sites is 1. The van der Waals surface area contributed by atoms with Gasteiger partial charge >= 0.3 is 0 Å². The molecule has 78 valence electrons. The van der Waals surface area contributed by atoms with E-state index in [0.29, 0.717) is 12.3 Å². The summed E-state index contributed by atoms with van der Waals surface area (Å²) in [4.78, 5) is 11.8. The van der Waals surface area contributed by atoms with Gasteiger partial charge in [0.15, 0.2) is 5.78 Å². The van der Waals surface area contributed by atoms with Crippen molar-refractivity contribution in [3.8, 4) is 0 Å². The third-order valence-corrected chi connectivity index (χ3v) is 2.71. The number of carbonyl (C=O) groups excluding carboxylic acids is 1. The summed E-state index contributed by atoms with van der Waals surface area (Å²) in [6.45, 7) is 0. The van der Waals surface area contributed by atoms with Gasteiger partial charge in [0.05, 0.1) is 0 Å². The van der Waals surface area contributed by atoms with Crippen LogP contribution in [0.5, 0.6) is 0 Å². The molecule has 2 aromatic rings. The summed E-state index contributed by atoms with van der Waals surface area (Å²) < 4.78 is 1.97. The van der Waals surface area contributed by atoms with Crippen LogP contribution < -0.4 is 0 Å². The van der Waals surface area contributed by atoms with Crippen LogP contribution in [0.15, 0.2) is 30.5 Å². The molecule has 0 aliphatic heterocycles. The van der Waals surface area contributed by atoms with Gasteiger partial charge in [-0.3, -0.25) is 4.79 Å². The summed E-state index contributed by atoms with van der Waals surface area (Å²) in [5, 5.41) is 1.01. The lowest BCUT2D eigenvalue weighted by Gasteiger charge is -1.95. The largest absolute Gasteiger partial charge is 0.350 e. The Labute approximate surface area is 93.5 Å². The Morgan fingerprint density at radius 1 is 1.40 bits per heavy atom. The lowest BCUT2D eigenvalue weighted by Crippen LogP contribution is -1.98. The first-order valence-electron chi connectivity index (χ1n) is 4.87. The third-order valence-electron chi connectivity index (χ3n) is 2.52. The van der Waals surface area contributed by atoms with Crippen LogP contribution in [0, 0.1) is 0 Å². The van der Waals surface area contributed by atoms with E-state index in [1.807, 2.05) is 42.1 Å². The molecule has 0 saturated heterocycles. The minimum atomic E-state index is 0.113. The molecule has 1 aromatic carbocycles. The van der Waals surface area contributed by atoms with Crippen LogP contribution in [-0.2, 0) is 7.05 Å². The zero-order valence-electron chi connectivity index (χ0n) is 8.53. The molecule has 2 nitrogen and oxygen atoms in total. The number of carbonyl (C=O) groups is 1. The molecule has 0 amide bonds. The first-order chi connectivity index (χ1) is 7.24. The number of benzene rings is 1. The number of fused-ring (bicyclic) bond motifs is 1. The molecule has 0 fully saturated rings. The maximum absolute atomic E-state index is 11.8. The highest BCUT2D eigenvalue weighted by atomic mass is 35.5. The molecule has 0 atom stereocenters. The average Bonchev–Trinajstić information content (AvgIpc) is 2.58. The molecule has 0 radical (unpaired) electrons. The second-order valence-electron chi connectivity index (χ2n) is 3.53. The highest BCUT2D eigenvalue weighted by Gasteiger charge is 2.12. The predicted molar refractivity (Wildman–Crippen MR) is 62.6 cm³/mol. The Kier molecular flexibility index (Phi) is 2.78. The minimum absolute atomic E-state index is 0.113. The summed E-state index contributed by atoms with van der Waals surface area (Å²) in [6, 6.07) is 7.89. The Morgan fingerprint density at radius 3 is 2.87 bits per heavy atom. The summed E-state index contributed by atoms with van der Waals surface area (Å²) in [5.74, 6) is 0.490. The quantitative estimate of drug-likeness (QED) is 0.577. The number of aryl methyl sites for hydroxylation is 1. The van der Waals surface area contributed by atoms with Crippen LogP contribution in [0.2, 0.25) is 0 Å². The fourth-order valence-corrected chi connectivity index (χ4v) is 1.96. The Bertz CT molecular complexity index is 501. The van der Waals surface area contributed by atoms with Crippen molar-refractivity contribution in [2.24, 2.45) is 7.05 Å². The van der Waals surface area contributed by atoms with Crippen molar-refractivity contribution < 1.29 is 4.79 Å². The van der Waals surface area contributed by atoms with Crippen molar-refractivity contribution in [2.75, 3.05) is 5.88 Å². The van der Waals surface area contributed by atoms with E-state index in [9.17, 15) is 4.79 Å². The lowest BCUT2D eigenvalue weighted by molar-refractivity contribution is 0.0990. The van der Waals surface area contributed by atoms with E-state index in [-0.39, 0.29) is 5.78 Å². The normalized spacial score (nSPS) is 10.8. The number of nitrogens with zero attached hydrogens (tertiary/aromatic N) is 1. The summed E-state index contributed by atoms with van der Waals surface area (Å²) in [7, 11) is 1.94. The number of ketones is 1. The zero-order valence-corrected chi connectivity index (χ0v) is 9.29. The van der Waals surface area contributed by atoms with E-state index in [1.54, 1.807) is 0 Å². The van der Waals surface area contributed by atoms with Gasteiger partial charge in [-0.1, -0.05) is 18.2 Å². The maximum Gasteiger partial charge on any atom is 0.166 e. The Morgan fingerprint density at radius 2 is 2.13 bits per heavy atom. The van der Waals surface area contributed by atoms with Crippen LogP contribution in [0.25, 0.3) is 10.9 Å². The molecule has 3 heteroatoms. The Hall–Kier alpha value is -1.28. The second-order valence-corrected chi connectivity index (χ2v) is 3.91. The molecular weight excluding hydrogens is 210 g/mol. The maximum atomic E-state index is 11.8. The standard InChI is InChI=1S/C12H12ClNO/c1-14-8-10(12(15)6-7-13)9-4-2-3-5-11(9)14/h2-5,8H,6-7H2,1H3. The minimum Gasteiger partial charge on any atom is -0.350 e. The number of halogens is 1. The van der Waals surface area contributed by atoms with Crippen LogP contribution >= 0.6 is 11.6 Å². The second kappa shape index (κ2) is 4.07. The van der Waals surface area contributed by atoms with Gasteiger partial charge in [-0.25, -0.2) is 0 Å². The number of aromatic nitrogens is 1. The number of alkyl halides is 1. The fourth-order valence-electron chi connectivity index (χ4n) is 1.78. The molecule has 0 unspecified atom stereocenters. The van der Waals surface area contributed by atoms with Gasteiger partial charge in [0.25, 0.3) is 0 Å². The van der Waals surface area contributed by atoms with Crippen molar-refractivity contribution in [1.82, 2.24) is 4.57 Å². The van der Waals surface area contributed by atoms with Crippen molar-refractivity contribution in [1.29, 1.82) is 0 Å². The van der Waals surface area contributed by atoms with E-state index in [1.165, 1.54) is 0 Å². The highest BCUT2D eigenvalue weighted by Crippen LogP contribution is 2.21. The van der Waals surface area contributed by atoms with E-state index in [4.69, 9.17) is 11.6 Å². The van der Waals surface area contributed by atoms with Crippen LogP contribution in [0.3, 0.4) is 0 Å². The first-order valence-corrected chi connectivity index (χ1v) is 5.40. The van der Waals surface area contributed by atoms with Gasteiger partial charge in [-0.15, -0.1) is 11.6 Å². The molecule has 15 heavy (non-hydrogen) atoms. The van der Waals surface area contributed by atoms with E-state index >= 15 is 0 Å². The van der Waals surface area contributed by atoms with Gasteiger partial charge in [0.2, 0.25) is 0 Å². The molecule has 0 saturated carbocycles. The van der Waals surface area contributed by atoms with Crippen molar-refractivity contribution in [3.63, 3.8) is 0 Å². The number of hydrogen-bond acceptors (Lipinski definition) is 1. The molecule has 0 aliphatic rings. The lowest BCUT2D eigenvalue weighted by atomic mass is 10.1. The van der Waals surface area contributed by atoms with E-state index in [0.717, 1.165) is 16.5 Å². The van der Waals surface area contributed by atoms with Crippen molar-refractivity contribution >= 4 is 28.3 Å². The molecule has 1 aromatic heterocycles. The molecule has 0 spiro atoms. The van der Waals surface area contributed by atoms with Gasteiger partial charge in [-0.2, -0.15) is 0 Å². The third kappa shape index (κ3) is 1.77. The van der Waals surface area contributed by atoms with Gasteiger partial charge in [-0.05, 0) is 6.07 Å². The monoisotopic (exact) mass is 221 g/mol. The van der Waals surface area contributed by atoms with Crippen LogP contribution in [-0.4, -0.2) is 16.2 Å². The zero-order chi connectivity index (χ0) is 10.8. The molecular formula is C12H12ClNO. The van der Waals surface area contributed by atoms with Gasteiger partial charge in [0.1, 0.15) is 0 Å². The molecule has 0 bridgehead atoms. The SMILES string of the molecule is Cn1cc(C(=O)CCCl)c2ccccc21. The number of rotatable bonds is 3. The number of Topliss-reactive ketones (excluding diaryl/α,β-unsaturated/α-hetero) is 1. The smallest absolute Gasteiger partial charge is 0.166 e. The van der Waals surface area contributed by atoms with Crippen molar-refractivity contribution in [2.45, 2.75) is 6.42 Å². The molecule has 2 rings (SSSR count). The molecule has 0 aliphatic carbocycles. The highest BCUT2D eigenvalue weighted by molar-refractivity contribution is 6.20. The average molecular weight is 222 g/mol. The first kappa shape index (κ1) is 10.2.